The summed E-state index contributed by atoms with van der Waals surface area (Å²) in [6.07, 6.45) is 3.96. The maximum absolute atomic E-state index is 3.54. The average Bonchev–Trinajstić information content (AvgIpc) is 2.34. The van der Waals surface area contributed by atoms with Crippen molar-refractivity contribution in [3.05, 3.63) is 6.54 Å². The minimum absolute atomic E-state index is 0.763. The van der Waals surface area contributed by atoms with E-state index in [-0.39, 0.29) is 0 Å². The van der Waals surface area contributed by atoms with E-state index in [2.05, 4.69) is 23.8 Å². The number of hydrogen-bond donors (Lipinski definition) is 1. The van der Waals surface area contributed by atoms with E-state index in [1.165, 1.54) is 25.8 Å². The molecular weight excluding hydrogens is 124 g/mol. The Balaban J connectivity index is 2.01. The summed E-state index contributed by atoms with van der Waals surface area (Å²) in [6.45, 7) is 3.54. The van der Waals surface area contributed by atoms with Gasteiger partial charge in [0.25, 0.3) is 0 Å². The van der Waals surface area contributed by atoms with Crippen LogP contribution in [-0.2, 0) is 0 Å². The number of fused-ring (bicyclic) bond motifs is 1. The lowest BCUT2D eigenvalue weighted by atomic mass is 10.00. The van der Waals surface area contributed by atoms with Gasteiger partial charge in [0.15, 0.2) is 0 Å². The lowest BCUT2D eigenvalue weighted by Crippen LogP contribution is -2.45. The fourth-order valence-corrected chi connectivity index (χ4v) is 2.08. The van der Waals surface area contributed by atoms with Gasteiger partial charge in [0, 0.05) is 18.6 Å². The van der Waals surface area contributed by atoms with Gasteiger partial charge in [0.2, 0.25) is 0 Å². The maximum atomic E-state index is 3.54. The van der Waals surface area contributed by atoms with Gasteiger partial charge in [-0.25, -0.2) is 0 Å². The minimum Gasteiger partial charge on any atom is -0.312 e. The normalized spacial score (nSPS) is 41.7. The molecule has 0 aromatic heterocycles. The van der Waals surface area contributed by atoms with Gasteiger partial charge in [-0.2, -0.15) is 0 Å². The van der Waals surface area contributed by atoms with Gasteiger partial charge >= 0.3 is 0 Å². The third-order valence-electron chi connectivity index (χ3n) is 2.72. The molecular formula is C8H15N2. The molecule has 10 heavy (non-hydrogen) atoms. The van der Waals surface area contributed by atoms with Gasteiger partial charge in [-0.3, -0.25) is 4.90 Å². The SMILES string of the molecule is CN1[CH]CC2NCCCC21. The lowest BCUT2D eigenvalue weighted by Gasteiger charge is -2.29. The van der Waals surface area contributed by atoms with Crippen molar-refractivity contribution < 1.29 is 0 Å². The minimum atomic E-state index is 0.763. The first-order chi connectivity index (χ1) is 4.88. The molecule has 0 aliphatic carbocycles. The zero-order chi connectivity index (χ0) is 6.97. The molecule has 2 unspecified atom stereocenters. The Labute approximate surface area is 62.6 Å². The molecule has 0 spiro atoms. The Morgan fingerprint density at radius 3 is 3.30 bits per heavy atom. The molecule has 0 aromatic rings. The van der Waals surface area contributed by atoms with E-state index < -0.39 is 0 Å². The molecule has 2 aliphatic rings. The van der Waals surface area contributed by atoms with Gasteiger partial charge in [-0.05, 0) is 32.9 Å². The lowest BCUT2D eigenvalue weighted by molar-refractivity contribution is 0.253. The van der Waals surface area contributed by atoms with Crippen LogP contribution in [0.2, 0.25) is 0 Å². The van der Waals surface area contributed by atoms with Crippen LogP contribution in [-0.4, -0.2) is 30.6 Å². The first kappa shape index (κ1) is 6.62. The third-order valence-corrected chi connectivity index (χ3v) is 2.72. The smallest absolute Gasteiger partial charge is 0.0268 e. The predicted molar refractivity (Wildman–Crippen MR) is 41.5 cm³/mol. The monoisotopic (exact) mass is 139 g/mol. The van der Waals surface area contributed by atoms with Crippen LogP contribution in [0.4, 0.5) is 0 Å². The highest BCUT2D eigenvalue weighted by molar-refractivity contribution is 4.98. The summed E-state index contributed by atoms with van der Waals surface area (Å²) in [5, 5.41) is 3.54. The number of likely N-dealkylation sites (N-methyl/N-ethyl adjacent to an activating group) is 1. The average molecular weight is 139 g/mol. The van der Waals surface area contributed by atoms with Crippen LogP contribution in [0.15, 0.2) is 0 Å². The predicted octanol–water partition coefficient (Wildman–Crippen LogP) is 0.604. The van der Waals surface area contributed by atoms with Crippen molar-refractivity contribution in [1.29, 1.82) is 0 Å². The molecule has 1 radical (unpaired) electrons. The summed E-state index contributed by atoms with van der Waals surface area (Å²) in [4.78, 5) is 2.37. The third kappa shape index (κ3) is 0.956. The topological polar surface area (TPSA) is 15.3 Å². The van der Waals surface area contributed by atoms with Gasteiger partial charge in [-0.1, -0.05) is 0 Å². The van der Waals surface area contributed by atoms with Gasteiger partial charge in [0.1, 0.15) is 0 Å². The van der Waals surface area contributed by atoms with Gasteiger partial charge in [-0.15, -0.1) is 0 Å². The fraction of sp³-hybridized carbons (Fsp3) is 0.875. The molecule has 0 amide bonds. The van der Waals surface area contributed by atoms with Crippen molar-refractivity contribution in [1.82, 2.24) is 10.2 Å². The van der Waals surface area contributed by atoms with Crippen molar-refractivity contribution in [3.8, 4) is 0 Å². The molecule has 0 bridgehead atoms. The number of nitrogens with one attached hydrogen (secondary N) is 1. The maximum Gasteiger partial charge on any atom is 0.0268 e. The molecule has 57 valence electrons. The quantitative estimate of drug-likeness (QED) is 0.529. The van der Waals surface area contributed by atoms with E-state index in [1.807, 2.05) is 0 Å². The van der Waals surface area contributed by atoms with Crippen LogP contribution >= 0.6 is 0 Å². The summed E-state index contributed by atoms with van der Waals surface area (Å²) < 4.78 is 0. The standard InChI is InChI=1S/C8H15N2/c1-10-6-4-7-8(10)3-2-5-9-7/h6-9H,2-5H2,1H3. The summed E-state index contributed by atoms with van der Waals surface area (Å²) in [7, 11) is 2.19. The molecule has 1 N–H and O–H groups in total. The summed E-state index contributed by atoms with van der Waals surface area (Å²) in [6, 6.07) is 1.56. The Morgan fingerprint density at radius 2 is 2.50 bits per heavy atom. The number of likely N-dealkylation sites (tertiary alicyclic amines) is 1. The van der Waals surface area contributed by atoms with Crippen molar-refractivity contribution in [3.63, 3.8) is 0 Å². The van der Waals surface area contributed by atoms with E-state index >= 15 is 0 Å². The first-order valence-electron chi connectivity index (χ1n) is 4.16. The van der Waals surface area contributed by atoms with E-state index in [0.29, 0.717) is 0 Å². The molecule has 2 aliphatic heterocycles. The van der Waals surface area contributed by atoms with Crippen molar-refractivity contribution >= 4 is 0 Å². The highest BCUT2D eigenvalue weighted by Crippen LogP contribution is 2.25. The second-order valence-electron chi connectivity index (χ2n) is 3.35. The highest BCUT2D eigenvalue weighted by Gasteiger charge is 2.33. The Kier molecular flexibility index (Phi) is 1.66. The zero-order valence-electron chi connectivity index (χ0n) is 6.51. The summed E-state index contributed by atoms with van der Waals surface area (Å²) in [5.74, 6) is 0. The van der Waals surface area contributed by atoms with Crippen LogP contribution in [0.5, 0.6) is 0 Å². The van der Waals surface area contributed by atoms with E-state index in [4.69, 9.17) is 0 Å². The molecule has 2 heteroatoms. The Hall–Kier alpha value is -0.0800. The largest absolute Gasteiger partial charge is 0.312 e. The van der Waals surface area contributed by atoms with E-state index in [9.17, 15) is 0 Å². The van der Waals surface area contributed by atoms with Gasteiger partial charge < -0.3 is 5.32 Å². The van der Waals surface area contributed by atoms with Gasteiger partial charge in [0.05, 0.1) is 0 Å². The first-order valence-corrected chi connectivity index (χ1v) is 4.16. The summed E-state index contributed by atoms with van der Waals surface area (Å²) in [5.41, 5.74) is 0. The van der Waals surface area contributed by atoms with Crippen LogP contribution < -0.4 is 5.32 Å². The molecule has 2 heterocycles. The van der Waals surface area contributed by atoms with Crippen LogP contribution in [0, 0.1) is 6.54 Å². The summed E-state index contributed by atoms with van der Waals surface area (Å²) >= 11 is 0. The van der Waals surface area contributed by atoms with Crippen molar-refractivity contribution in [2.75, 3.05) is 13.6 Å². The van der Waals surface area contributed by atoms with Crippen molar-refractivity contribution in [2.45, 2.75) is 31.3 Å². The second-order valence-corrected chi connectivity index (χ2v) is 3.35. The van der Waals surface area contributed by atoms with E-state index in [1.54, 1.807) is 0 Å². The molecule has 2 nitrogen and oxygen atoms in total. The van der Waals surface area contributed by atoms with Crippen LogP contribution in [0.1, 0.15) is 19.3 Å². The van der Waals surface area contributed by atoms with E-state index in [0.717, 1.165) is 12.1 Å². The molecule has 2 atom stereocenters. The second kappa shape index (κ2) is 2.51. The Bertz CT molecular complexity index is 122. The highest BCUT2D eigenvalue weighted by atomic mass is 15.2. The number of piperidine rings is 1. The molecule has 0 saturated carbocycles. The number of rotatable bonds is 0. The van der Waals surface area contributed by atoms with Crippen LogP contribution in [0.3, 0.4) is 0 Å². The zero-order valence-corrected chi connectivity index (χ0v) is 6.51. The molecule has 0 aromatic carbocycles. The molecule has 2 fully saturated rings. The van der Waals surface area contributed by atoms with Crippen molar-refractivity contribution in [2.24, 2.45) is 0 Å². The van der Waals surface area contributed by atoms with Crippen LogP contribution in [0.25, 0.3) is 0 Å². The fourth-order valence-electron chi connectivity index (χ4n) is 2.08. The molecule has 2 saturated heterocycles. The Morgan fingerprint density at radius 1 is 1.60 bits per heavy atom. The molecule has 2 rings (SSSR count). The number of nitrogens with zero attached hydrogens (tertiary/aromatic N) is 1. The number of hydrogen-bond acceptors (Lipinski definition) is 2.